The van der Waals surface area contributed by atoms with Gasteiger partial charge in [0.25, 0.3) is 0 Å². The minimum atomic E-state index is -4.92. The van der Waals surface area contributed by atoms with Crippen LogP contribution >= 0.6 is 7.82 Å². The number of ether oxygens (including phenoxy) is 5. The molecule has 3 aromatic carbocycles. The van der Waals surface area contributed by atoms with Crippen molar-refractivity contribution in [1.82, 2.24) is 4.90 Å². The molecule has 284 valence electrons. The maximum absolute atomic E-state index is 13.2. The van der Waals surface area contributed by atoms with Gasteiger partial charge in [0.2, 0.25) is 0 Å². The second kappa shape index (κ2) is 17.2. The molecule has 16 nitrogen and oxygen atoms in total. The molecule has 2 unspecified atom stereocenters. The molecule has 6 rings (SSSR count). The van der Waals surface area contributed by atoms with Crippen LogP contribution in [-0.2, 0) is 38.2 Å². The van der Waals surface area contributed by atoms with Crippen molar-refractivity contribution in [2.24, 2.45) is 4.99 Å². The Balaban J connectivity index is 0.00000561. The van der Waals surface area contributed by atoms with Crippen molar-refractivity contribution < 1.29 is 96.7 Å². The minimum absolute atomic E-state index is 0. The van der Waals surface area contributed by atoms with Gasteiger partial charge in [0.1, 0.15) is 41.1 Å². The molecule has 3 aromatic rings. The number of hydrogen-bond acceptors (Lipinski definition) is 13. The van der Waals surface area contributed by atoms with Crippen molar-refractivity contribution in [3.05, 3.63) is 95.6 Å². The van der Waals surface area contributed by atoms with Crippen LogP contribution in [0.15, 0.2) is 83.9 Å². The third kappa shape index (κ3) is 9.01. The molecule has 2 fully saturated rings. The van der Waals surface area contributed by atoms with Crippen molar-refractivity contribution in [2.75, 3.05) is 34.0 Å². The van der Waals surface area contributed by atoms with Gasteiger partial charge in [-0.2, -0.15) is 0 Å². The molecule has 0 aliphatic carbocycles. The summed E-state index contributed by atoms with van der Waals surface area (Å²) in [6.07, 6.45) is -6.49. The van der Waals surface area contributed by atoms with E-state index in [0.29, 0.717) is 22.6 Å². The molecular formula is C36H40N2NaO14P. The monoisotopic (exact) mass is 778 g/mol. The van der Waals surface area contributed by atoms with E-state index in [0.717, 1.165) is 10.5 Å². The van der Waals surface area contributed by atoms with Gasteiger partial charge in [0.05, 0.1) is 46.5 Å². The SMILES string of the molecule is COc1ccc(C(OC[C@H]2OC(=O)C[C@@H]2OP(=O)(O)OC[C@H]2O[C@@H](N3CC(C)(O)C([O-])=NC3=O)C[C@@H]2O)(c2ccccc2)c2ccc(OC)cc2)cc1.[Na+]. The maximum atomic E-state index is 13.2. The molecule has 54 heavy (non-hydrogen) atoms. The first kappa shape index (κ1) is 41.8. The number of cyclic esters (lactones) is 1. The topological polar surface area (TPSA) is 215 Å². The number of benzene rings is 3. The van der Waals surface area contributed by atoms with Gasteiger partial charge in [-0.1, -0.05) is 54.6 Å². The Morgan fingerprint density at radius 2 is 1.52 bits per heavy atom. The van der Waals surface area contributed by atoms with Crippen LogP contribution in [0.5, 0.6) is 11.5 Å². The van der Waals surface area contributed by atoms with E-state index < -0.39 is 80.7 Å². The largest absolute Gasteiger partial charge is 1.00 e. The van der Waals surface area contributed by atoms with E-state index in [1.54, 1.807) is 38.5 Å². The number of urea groups is 1. The number of nitrogens with zero attached hydrogens (tertiary/aromatic N) is 2. The fourth-order valence-electron chi connectivity index (χ4n) is 6.51. The summed E-state index contributed by atoms with van der Waals surface area (Å²) >= 11 is 0. The number of esters is 1. The van der Waals surface area contributed by atoms with Crippen molar-refractivity contribution in [3.63, 3.8) is 0 Å². The van der Waals surface area contributed by atoms with Crippen molar-refractivity contribution >= 4 is 25.7 Å². The predicted molar refractivity (Wildman–Crippen MR) is 183 cm³/mol. The van der Waals surface area contributed by atoms with Crippen LogP contribution in [0, 0.1) is 0 Å². The molecule has 0 saturated carbocycles. The summed E-state index contributed by atoms with van der Waals surface area (Å²) < 4.78 is 52.7. The summed E-state index contributed by atoms with van der Waals surface area (Å²) in [6, 6.07) is 23.0. The molecule has 7 atom stereocenters. The van der Waals surface area contributed by atoms with Crippen LogP contribution in [0.1, 0.15) is 36.5 Å². The molecular weight excluding hydrogens is 738 g/mol. The van der Waals surface area contributed by atoms with Crippen molar-refractivity contribution in [1.29, 1.82) is 0 Å². The first-order valence-electron chi connectivity index (χ1n) is 16.7. The van der Waals surface area contributed by atoms with Crippen molar-refractivity contribution in [3.8, 4) is 11.5 Å². The molecule has 18 heteroatoms. The molecule has 3 aliphatic heterocycles. The Bertz CT molecular complexity index is 1800. The fourth-order valence-corrected chi connectivity index (χ4v) is 7.46. The minimum Gasteiger partial charge on any atom is -0.860 e. The molecule has 3 aliphatic rings. The number of hydrogen-bond donors (Lipinski definition) is 3. The van der Waals surface area contributed by atoms with E-state index in [9.17, 15) is 34.4 Å². The van der Waals surface area contributed by atoms with Gasteiger partial charge < -0.3 is 43.9 Å². The third-order valence-corrected chi connectivity index (χ3v) is 10.3. The second-order valence-electron chi connectivity index (χ2n) is 13.0. The summed E-state index contributed by atoms with van der Waals surface area (Å²) in [5, 5.41) is 32.7. The number of methoxy groups -OCH3 is 2. The Labute approximate surface area is 333 Å². The molecule has 2 amide bonds. The van der Waals surface area contributed by atoms with E-state index in [2.05, 4.69) is 4.99 Å². The standard InChI is InChI=1S/C36H41N2O14P.Na/c1-35(43)21-38(34(42)37-33(35)41)31-17-27(39)29(50-31)20-49-53(44,45)52-28-18-32(40)51-30(28)19-48-36(22-7-5-4-6-8-22,23-9-13-25(46-2)14-10-23)24-11-15-26(47-3)16-12-24;/h4-16,27-31,39,43H,17-21H2,1-3H3,(H,44,45)(H,37,41,42);/q;+1/p-1/t27-,28-,29+,30+,31+,35?;/m0./s1. The number of aliphatic hydroxyl groups excluding tert-OH is 1. The van der Waals surface area contributed by atoms with E-state index in [1.165, 1.54) is 6.92 Å². The molecule has 0 bridgehead atoms. The number of amides is 2. The zero-order chi connectivity index (χ0) is 38.0. The number of carbonyl (C=O) groups is 2. The summed E-state index contributed by atoms with van der Waals surface area (Å²) in [7, 11) is -1.81. The number of rotatable bonds is 14. The van der Waals surface area contributed by atoms with Crippen LogP contribution in [0.3, 0.4) is 0 Å². The molecule has 0 aromatic heterocycles. The first-order valence-corrected chi connectivity index (χ1v) is 18.2. The second-order valence-corrected chi connectivity index (χ2v) is 14.4. The predicted octanol–water partition coefficient (Wildman–Crippen LogP) is -0.745. The third-order valence-electron chi connectivity index (χ3n) is 9.31. The van der Waals surface area contributed by atoms with Gasteiger partial charge in [-0.3, -0.25) is 18.7 Å². The Morgan fingerprint density at radius 3 is 2.09 bits per heavy atom. The summed E-state index contributed by atoms with van der Waals surface area (Å²) in [6.45, 7) is -0.160. The van der Waals surface area contributed by atoms with E-state index >= 15 is 0 Å². The Kier molecular flexibility index (Phi) is 13.3. The molecule has 0 radical (unpaired) electrons. The van der Waals surface area contributed by atoms with E-state index in [1.807, 2.05) is 54.6 Å². The van der Waals surface area contributed by atoms with Gasteiger partial charge in [-0.05, 0) is 47.9 Å². The van der Waals surface area contributed by atoms with Gasteiger partial charge >= 0.3 is 49.4 Å². The number of phosphoric acid groups is 1. The number of phosphoric ester groups is 1. The van der Waals surface area contributed by atoms with Crippen LogP contribution < -0.4 is 44.1 Å². The number of carbonyl (C=O) groups excluding carboxylic acids is 2. The number of aliphatic imine (C=N–C) groups is 1. The summed E-state index contributed by atoms with van der Waals surface area (Å²) in [5.41, 5.74) is -1.09. The van der Waals surface area contributed by atoms with Gasteiger partial charge in [-0.25, -0.2) is 14.4 Å². The Hall–Kier alpha value is -3.38. The molecule has 3 N–H and O–H groups in total. The smallest absolute Gasteiger partial charge is 0.860 e. The van der Waals surface area contributed by atoms with Crippen LogP contribution in [-0.4, -0.2) is 108 Å². The average Bonchev–Trinajstić information content (AvgIpc) is 3.69. The fraction of sp³-hybridized carbons (Fsp3) is 0.417. The maximum Gasteiger partial charge on any atom is 1.00 e. The normalized spacial score (nSPS) is 26.7. The van der Waals surface area contributed by atoms with Gasteiger partial charge in [0.15, 0.2) is 6.10 Å². The Morgan fingerprint density at radius 1 is 0.944 bits per heavy atom. The van der Waals surface area contributed by atoms with Crippen LogP contribution in [0.2, 0.25) is 0 Å². The van der Waals surface area contributed by atoms with Crippen LogP contribution in [0.25, 0.3) is 0 Å². The zero-order valence-electron chi connectivity index (χ0n) is 30.1. The number of aliphatic hydroxyl groups is 2. The molecule has 2 saturated heterocycles. The van der Waals surface area contributed by atoms with Crippen LogP contribution in [0.4, 0.5) is 4.79 Å². The van der Waals surface area contributed by atoms with E-state index in [4.69, 9.17) is 32.7 Å². The quantitative estimate of drug-likeness (QED) is 0.0796. The van der Waals surface area contributed by atoms with Crippen molar-refractivity contribution in [2.45, 2.75) is 61.6 Å². The van der Waals surface area contributed by atoms with Gasteiger partial charge in [0, 0.05) is 12.3 Å². The average molecular weight is 779 g/mol. The number of β-amino-alcohol motifs (C(OH)–C–C–N with tert-alkyl or cyclic N) is 1. The summed E-state index contributed by atoms with van der Waals surface area (Å²) in [4.78, 5) is 39.9. The first-order chi connectivity index (χ1) is 25.2. The summed E-state index contributed by atoms with van der Waals surface area (Å²) in [5.74, 6) is -0.450. The molecule has 0 spiro atoms. The molecule has 3 heterocycles. The zero-order valence-corrected chi connectivity index (χ0v) is 33.0. The van der Waals surface area contributed by atoms with Gasteiger partial charge in [-0.15, -0.1) is 0 Å². The van der Waals surface area contributed by atoms with E-state index in [-0.39, 0.29) is 49.0 Å².